The van der Waals surface area contributed by atoms with E-state index < -0.39 is 34.0 Å². The molecular weight excluding hydrogens is 437 g/mol. The molecule has 32 heavy (non-hydrogen) atoms. The number of aromatic nitrogens is 1. The van der Waals surface area contributed by atoms with Crippen molar-refractivity contribution >= 4 is 32.7 Å². The van der Waals surface area contributed by atoms with E-state index in [4.69, 9.17) is 4.42 Å². The molecule has 4 rings (SSSR count). The summed E-state index contributed by atoms with van der Waals surface area (Å²) in [6.45, 7) is 4.50. The monoisotopic (exact) mass is 461 g/mol. The summed E-state index contributed by atoms with van der Waals surface area (Å²) in [5.74, 6) is -1.51. The maximum atomic E-state index is 13.8. The van der Waals surface area contributed by atoms with Crippen LogP contribution >= 0.6 is 0 Å². The number of oxazole rings is 1. The van der Waals surface area contributed by atoms with Crippen LogP contribution in [0.15, 0.2) is 56.6 Å². The Bertz CT molecular complexity index is 1320. The third-order valence-corrected chi connectivity index (χ3v) is 7.39. The number of carbonyl (C=O) groups is 1. The first-order valence-corrected chi connectivity index (χ1v) is 11.8. The predicted molar refractivity (Wildman–Crippen MR) is 117 cm³/mol. The van der Waals surface area contributed by atoms with Crippen molar-refractivity contribution in [2.24, 2.45) is 11.8 Å². The first-order valence-electron chi connectivity index (χ1n) is 10.3. The number of piperidine rings is 1. The number of nitrogens with zero attached hydrogens (tertiary/aromatic N) is 2. The molecule has 170 valence electrons. The second kappa shape index (κ2) is 8.51. The number of halogens is 1. The van der Waals surface area contributed by atoms with Gasteiger partial charge in [-0.15, -0.1) is 0 Å². The van der Waals surface area contributed by atoms with Crippen molar-refractivity contribution in [3.8, 4) is 0 Å². The molecule has 1 aromatic heterocycles. The minimum absolute atomic E-state index is 0.00304. The van der Waals surface area contributed by atoms with E-state index in [9.17, 15) is 22.4 Å². The van der Waals surface area contributed by atoms with Gasteiger partial charge in [0.25, 0.3) is 0 Å². The van der Waals surface area contributed by atoms with Crippen LogP contribution in [0.3, 0.4) is 0 Å². The largest absolute Gasteiger partial charge is 0.420 e. The highest BCUT2D eigenvalue weighted by Crippen LogP contribution is 2.28. The van der Waals surface area contributed by atoms with Crippen LogP contribution in [-0.2, 0) is 21.4 Å². The molecule has 0 radical (unpaired) electrons. The maximum absolute atomic E-state index is 13.8. The molecule has 1 aliphatic heterocycles. The van der Waals surface area contributed by atoms with Crippen LogP contribution in [0.25, 0.3) is 11.1 Å². The highest BCUT2D eigenvalue weighted by molar-refractivity contribution is 7.89. The normalized spacial score (nSPS) is 19.8. The summed E-state index contributed by atoms with van der Waals surface area (Å²) < 4.78 is 47.8. The van der Waals surface area contributed by atoms with Gasteiger partial charge in [-0.2, -0.15) is 4.31 Å². The molecule has 3 aromatic rings. The minimum Gasteiger partial charge on any atom is -0.408 e. The SMILES string of the molecule is CC1CC(C)CN(S(=O)(=O)c2ccc3c(c2)oc(=O)n3CC(=O)Nc2ccccc2F)C1. The number of hydrogen-bond acceptors (Lipinski definition) is 5. The molecule has 1 saturated heterocycles. The Labute approximate surface area is 184 Å². The molecule has 2 heterocycles. The van der Waals surface area contributed by atoms with Gasteiger partial charge in [0, 0.05) is 19.2 Å². The number of anilines is 1. The van der Waals surface area contributed by atoms with Gasteiger partial charge in [0.05, 0.1) is 16.1 Å². The van der Waals surface area contributed by atoms with Gasteiger partial charge in [-0.1, -0.05) is 26.0 Å². The smallest absolute Gasteiger partial charge is 0.408 e. The highest BCUT2D eigenvalue weighted by Gasteiger charge is 2.32. The van der Waals surface area contributed by atoms with Crippen molar-refractivity contribution in [2.45, 2.75) is 31.7 Å². The number of fused-ring (bicyclic) bond motifs is 1. The average molecular weight is 462 g/mol. The summed E-state index contributed by atoms with van der Waals surface area (Å²) >= 11 is 0. The topological polar surface area (TPSA) is 102 Å². The highest BCUT2D eigenvalue weighted by atomic mass is 32.2. The van der Waals surface area contributed by atoms with Gasteiger partial charge in [0.15, 0.2) is 5.58 Å². The molecular formula is C22H24FN3O5S. The van der Waals surface area contributed by atoms with Crippen LogP contribution in [0.5, 0.6) is 0 Å². The summed E-state index contributed by atoms with van der Waals surface area (Å²) in [4.78, 5) is 24.7. The number of amides is 1. The molecule has 2 aromatic carbocycles. The van der Waals surface area contributed by atoms with E-state index in [1.807, 2.05) is 13.8 Å². The second-order valence-electron chi connectivity index (χ2n) is 8.38. The van der Waals surface area contributed by atoms with Crippen LogP contribution in [0.1, 0.15) is 20.3 Å². The van der Waals surface area contributed by atoms with Crippen molar-refractivity contribution in [3.05, 3.63) is 58.8 Å². The van der Waals surface area contributed by atoms with Gasteiger partial charge in [-0.05, 0) is 42.5 Å². The number of carbonyl (C=O) groups excluding carboxylic acids is 1. The molecule has 8 nitrogen and oxygen atoms in total. The first kappa shape index (κ1) is 22.2. The Balaban J connectivity index is 1.60. The standard InChI is InChI=1S/C22H24FN3O5S/c1-14-9-15(2)12-25(11-14)32(29,30)16-7-8-19-20(10-16)31-22(28)26(19)13-21(27)24-18-6-4-3-5-17(18)23/h3-8,10,14-15H,9,11-13H2,1-2H3,(H,24,27). The van der Waals surface area contributed by atoms with E-state index in [0.717, 1.165) is 11.0 Å². The fraction of sp³-hybridized carbons (Fsp3) is 0.364. The summed E-state index contributed by atoms with van der Waals surface area (Å²) in [6.07, 6.45) is 0.970. The van der Waals surface area contributed by atoms with E-state index in [2.05, 4.69) is 5.32 Å². The molecule has 1 fully saturated rings. The van der Waals surface area contributed by atoms with Crippen molar-refractivity contribution in [1.82, 2.24) is 8.87 Å². The lowest BCUT2D eigenvalue weighted by Crippen LogP contribution is -2.42. The van der Waals surface area contributed by atoms with E-state index in [0.29, 0.717) is 13.1 Å². The van der Waals surface area contributed by atoms with Crippen LogP contribution < -0.4 is 11.1 Å². The zero-order chi connectivity index (χ0) is 23.0. The molecule has 0 spiro atoms. The first-order chi connectivity index (χ1) is 15.1. The lowest BCUT2D eigenvalue weighted by molar-refractivity contribution is -0.116. The molecule has 0 saturated carbocycles. The minimum atomic E-state index is -3.75. The number of para-hydroxylation sites is 1. The van der Waals surface area contributed by atoms with E-state index in [-0.39, 0.29) is 33.5 Å². The van der Waals surface area contributed by atoms with E-state index >= 15 is 0 Å². The van der Waals surface area contributed by atoms with Gasteiger partial charge in [0.2, 0.25) is 15.9 Å². The Morgan fingerprint density at radius 1 is 1.16 bits per heavy atom. The lowest BCUT2D eigenvalue weighted by atomic mass is 9.94. The van der Waals surface area contributed by atoms with Gasteiger partial charge in [-0.3, -0.25) is 9.36 Å². The van der Waals surface area contributed by atoms with Crippen LogP contribution in [0.4, 0.5) is 10.1 Å². The maximum Gasteiger partial charge on any atom is 0.420 e. The molecule has 1 amide bonds. The van der Waals surface area contributed by atoms with Gasteiger partial charge in [0.1, 0.15) is 12.4 Å². The Hall–Kier alpha value is -2.98. The van der Waals surface area contributed by atoms with Gasteiger partial charge in [-0.25, -0.2) is 17.6 Å². The number of rotatable bonds is 5. The fourth-order valence-corrected chi connectivity index (χ4v) is 5.90. The second-order valence-corrected chi connectivity index (χ2v) is 10.3. The number of sulfonamides is 1. The molecule has 10 heteroatoms. The molecule has 0 bridgehead atoms. The number of nitrogens with one attached hydrogen (secondary N) is 1. The summed E-state index contributed by atoms with van der Waals surface area (Å²) in [5.41, 5.74) is 0.336. The van der Waals surface area contributed by atoms with Crippen LogP contribution in [-0.4, -0.2) is 36.3 Å². The molecule has 2 atom stereocenters. The Kier molecular flexibility index (Phi) is 5.91. The third kappa shape index (κ3) is 4.33. The molecule has 2 unspecified atom stereocenters. The zero-order valence-electron chi connectivity index (χ0n) is 17.7. The number of hydrogen-bond donors (Lipinski definition) is 1. The Morgan fingerprint density at radius 2 is 1.84 bits per heavy atom. The molecule has 0 aliphatic carbocycles. The van der Waals surface area contributed by atoms with Crippen molar-refractivity contribution < 1.29 is 22.0 Å². The van der Waals surface area contributed by atoms with E-state index in [1.54, 1.807) is 6.07 Å². The zero-order valence-corrected chi connectivity index (χ0v) is 18.6. The van der Waals surface area contributed by atoms with Gasteiger partial charge < -0.3 is 9.73 Å². The number of benzene rings is 2. The fourth-order valence-electron chi connectivity index (χ4n) is 4.20. The summed E-state index contributed by atoms with van der Waals surface area (Å²) in [6, 6.07) is 9.84. The average Bonchev–Trinajstić information content (AvgIpc) is 3.03. The molecule has 1 N–H and O–H groups in total. The van der Waals surface area contributed by atoms with Crippen molar-refractivity contribution in [1.29, 1.82) is 0 Å². The van der Waals surface area contributed by atoms with Crippen LogP contribution in [0.2, 0.25) is 0 Å². The predicted octanol–water partition coefficient (Wildman–Crippen LogP) is 3.04. The van der Waals surface area contributed by atoms with Crippen molar-refractivity contribution in [2.75, 3.05) is 18.4 Å². The van der Waals surface area contributed by atoms with Crippen molar-refractivity contribution in [3.63, 3.8) is 0 Å². The van der Waals surface area contributed by atoms with Gasteiger partial charge >= 0.3 is 5.76 Å². The Morgan fingerprint density at radius 3 is 2.53 bits per heavy atom. The quantitative estimate of drug-likeness (QED) is 0.629. The van der Waals surface area contributed by atoms with E-state index in [1.165, 1.54) is 40.7 Å². The van der Waals surface area contributed by atoms with Crippen LogP contribution in [0, 0.1) is 17.7 Å². The summed E-state index contributed by atoms with van der Waals surface area (Å²) in [5, 5.41) is 2.41. The lowest BCUT2D eigenvalue weighted by Gasteiger charge is -2.34. The third-order valence-electron chi connectivity index (χ3n) is 5.56. The summed E-state index contributed by atoms with van der Waals surface area (Å²) in [7, 11) is -3.75. The molecule has 1 aliphatic rings.